The Labute approximate surface area is 145 Å². The van der Waals surface area contributed by atoms with E-state index in [4.69, 9.17) is 0 Å². The minimum Gasteiger partial charge on any atom is -0.480 e. The molecule has 2 fully saturated rings. The highest BCUT2D eigenvalue weighted by Crippen LogP contribution is 2.52. The fourth-order valence-corrected chi connectivity index (χ4v) is 7.19. The molecule has 120 valence electrons. The standard InChI is InChI=1S/C15H14N2O3S3/c1-15(12(13(19)20)17-10(18)6-11(17)23-15)7-21-14-16-8-4-2-3-5-9(8)22-14/h2-5,11-12H,6-7H2,1H3,(H,19,20). The topological polar surface area (TPSA) is 70.5 Å². The van der Waals surface area contributed by atoms with Crippen LogP contribution in [-0.2, 0) is 9.59 Å². The second-order valence-corrected chi connectivity index (χ2v) is 9.83. The molecular weight excluding hydrogens is 352 g/mol. The van der Waals surface area contributed by atoms with Crippen LogP contribution >= 0.6 is 34.9 Å². The number of β-lactam (4-membered cyclic amide) rings is 1. The SMILES string of the molecule is CC1(CSc2nc3ccccc3s2)SC2CC(=O)N2C1C(=O)O. The number of rotatable bonds is 4. The van der Waals surface area contributed by atoms with E-state index in [1.807, 2.05) is 31.2 Å². The largest absolute Gasteiger partial charge is 0.480 e. The third-order valence-electron chi connectivity index (χ3n) is 4.20. The number of para-hydroxylation sites is 1. The van der Waals surface area contributed by atoms with E-state index in [2.05, 4.69) is 4.98 Å². The Bertz CT molecular complexity index is 775. The molecule has 2 saturated heterocycles. The number of amides is 1. The molecule has 8 heteroatoms. The van der Waals surface area contributed by atoms with Gasteiger partial charge in [0.1, 0.15) is 6.04 Å². The van der Waals surface area contributed by atoms with Crippen LogP contribution in [0.3, 0.4) is 0 Å². The first-order chi connectivity index (χ1) is 11.0. The van der Waals surface area contributed by atoms with E-state index in [0.717, 1.165) is 14.6 Å². The number of carboxylic acids is 1. The second kappa shape index (κ2) is 5.39. The van der Waals surface area contributed by atoms with Gasteiger partial charge >= 0.3 is 5.97 Å². The summed E-state index contributed by atoms with van der Waals surface area (Å²) in [4.78, 5) is 29.5. The van der Waals surface area contributed by atoms with Crippen LogP contribution in [0.2, 0.25) is 0 Å². The van der Waals surface area contributed by atoms with Crippen LogP contribution in [0.4, 0.5) is 0 Å². The fraction of sp³-hybridized carbons (Fsp3) is 0.400. The molecule has 4 rings (SSSR count). The van der Waals surface area contributed by atoms with Crippen LogP contribution in [0, 0.1) is 0 Å². The first-order valence-corrected chi connectivity index (χ1v) is 9.86. The number of hydrogen-bond donors (Lipinski definition) is 1. The molecule has 0 spiro atoms. The average molecular weight is 366 g/mol. The first kappa shape index (κ1) is 15.3. The summed E-state index contributed by atoms with van der Waals surface area (Å²) in [7, 11) is 0. The highest BCUT2D eigenvalue weighted by molar-refractivity contribution is 8.05. The third-order valence-corrected chi connectivity index (χ3v) is 8.47. The summed E-state index contributed by atoms with van der Waals surface area (Å²) in [5, 5.41) is 9.59. The maximum Gasteiger partial charge on any atom is 0.327 e. The van der Waals surface area contributed by atoms with E-state index < -0.39 is 16.8 Å². The zero-order valence-corrected chi connectivity index (χ0v) is 14.7. The summed E-state index contributed by atoms with van der Waals surface area (Å²) in [6, 6.07) is 7.21. The number of carbonyl (C=O) groups is 2. The molecule has 1 aromatic heterocycles. The lowest BCUT2D eigenvalue weighted by atomic mass is 9.98. The van der Waals surface area contributed by atoms with Crippen molar-refractivity contribution in [3.63, 3.8) is 0 Å². The summed E-state index contributed by atoms with van der Waals surface area (Å²) in [6.45, 7) is 1.95. The number of benzene rings is 1. The van der Waals surface area contributed by atoms with Crippen molar-refractivity contribution in [3.05, 3.63) is 24.3 Å². The third kappa shape index (κ3) is 2.43. The van der Waals surface area contributed by atoms with Gasteiger partial charge in [-0.15, -0.1) is 23.1 Å². The fourth-order valence-electron chi connectivity index (χ4n) is 3.09. The van der Waals surface area contributed by atoms with Crippen LogP contribution < -0.4 is 0 Å². The molecule has 23 heavy (non-hydrogen) atoms. The van der Waals surface area contributed by atoms with Gasteiger partial charge in [-0.2, -0.15) is 0 Å². The molecule has 3 atom stereocenters. The highest BCUT2D eigenvalue weighted by Gasteiger charge is 2.60. The zero-order chi connectivity index (χ0) is 16.2. The van der Waals surface area contributed by atoms with Gasteiger partial charge in [0.2, 0.25) is 5.91 Å². The molecule has 2 aliphatic rings. The summed E-state index contributed by atoms with van der Waals surface area (Å²) >= 11 is 4.81. The summed E-state index contributed by atoms with van der Waals surface area (Å²) in [5.74, 6) is -0.349. The Balaban J connectivity index is 1.55. The van der Waals surface area contributed by atoms with Crippen molar-refractivity contribution in [1.29, 1.82) is 0 Å². The molecule has 3 unspecified atom stereocenters. The lowest BCUT2D eigenvalue weighted by Crippen LogP contribution is -2.57. The Morgan fingerprint density at radius 3 is 3.00 bits per heavy atom. The highest BCUT2D eigenvalue weighted by atomic mass is 32.2. The molecule has 1 N–H and O–H groups in total. The summed E-state index contributed by atoms with van der Waals surface area (Å²) < 4.78 is 1.58. The van der Waals surface area contributed by atoms with Gasteiger partial charge in [-0.1, -0.05) is 23.9 Å². The number of aliphatic carboxylic acids is 1. The predicted molar refractivity (Wildman–Crippen MR) is 93.0 cm³/mol. The van der Waals surface area contributed by atoms with Crippen molar-refractivity contribution in [2.24, 2.45) is 0 Å². The smallest absolute Gasteiger partial charge is 0.327 e. The van der Waals surface area contributed by atoms with E-state index in [-0.39, 0.29) is 11.3 Å². The first-order valence-electron chi connectivity index (χ1n) is 7.18. The summed E-state index contributed by atoms with van der Waals surface area (Å²) in [5.41, 5.74) is 0.970. The minimum atomic E-state index is -0.916. The number of thioether (sulfide) groups is 2. The van der Waals surface area contributed by atoms with Crippen molar-refractivity contribution in [3.8, 4) is 0 Å². The number of thiazole rings is 1. The molecular formula is C15H14N2O3S3. The number of carboxylic acid groups (broad SMARTS) is 1. The van der Waals surface area contributed by atoms with Crippen molar-refractivity contribution >= 4 is 57.0 Å². The lowest BCUT2D eigenvalue weighted by Gasteiger charge is -2.36. The maximum absolute atomic E-state index is 11.7. The molecule has 0 bridgehead atoms. The average Bonchev–Trinajstić information content (AvgIpc) is 3.02. The number of nitrogens with zero attached hydrogens (tertiary/aromatic N) is 2. The maximum atomic E-state index is 11.7. The lowest BCUT2D eigenvalue weighted by molar-refractivity contribution is -0.157. The Hall–Kier alpha value is -1.25. The molecule has 1 amide bonds. The number of fused-ring (bicyclic) bond motifs is 2. The van der Waals surface area contributed by atoms with Crippen LogP contribution in [0.25, 0.3) is 10.2 Å². The van der Waals surface area contributed by atoms with Gasteiger partial charge in [-0.25, -0.2) is 9.78 Å². The molecule has 0 radical (unpaired) electrons. The molecule has 2 aromatic rings. The van der Waals surface area contributed by atoms with E-state index in [9.17, 15) is 14.7 Å². The van der Waals surface area contributed by atoms with Crippen LogP contribution in [0.15, 0.2) is 28.6 Å². The number of hydrogen-bond acceptors (Lipinski definition) is 6. The summed E-state index contributed by atoms with van der Waals surface area (Å²) in [6.07, 6.45) is 0.454. The van der Waals surface area contributed by atoms with Gasteiger partial charge < -0.3 is 10.0 Å². The molecule has 5 nitrogen and oxygen atoms in total. The number of aromatic nitrogens is 1. The molecule has 1 aromatic carbocycles. The van der Waals surface area contributed by atoms with E-state index in [0.29, 0.717) is 12.2 Å². The van der Waals surface area contributed by atoms with Crippen LogP contribution in [-0.4, -0.2) is 48.8 Å². The quantitative estimate of drug-likeness (QED) is 0.663. The van der Waals surface area contributed by atoms with Crippen molar-refractivity contribution in [1.82, 2.24) is 9.88 Å². The monoisotopic (exact) mass is 366 g/mol. The normalized spacial score (nSPS) is 29.6. The van der Waals surface area contributed by atoms with Gasteiger partial charge in [0.25, 0.3) is 0 Å². The molecule has 0 aliphatic carbocycles. The van der Waals surface area contributed by atoms with Gasteiger partial charge in [0.05, 0.1) is 26.8 Å². The minimum absolute atomic E-state index is 0.0181. The number of carbonyl (C=O) groups excluding carboxylic acids is 1. The van der Waals surface area contributed by atoms with E-state index in [1.165, 1.54) is 4.90 Å². The Morgan fingerprint density at radius 2 is 2.30 bits per heavy atom. The van der Waals surface area contributed by atoms with Crippen molar-refractivity contribution in [2.75, 3.05) is 5.75 Å². The van der Waals surface area contributed by atoms with E-state index in [1.54, 1.807) is 34.9 Å². The molecule has 2 aliphatic heterocycles. The Morgan fingerprint density at radius 1 is 1.52 bits per heavy atom. The zero-order valence-electron chi connectivity index (χ0n) is 12.3. The second-order valence-electron chi connectivity index (χ2n) is 5.87. The van der Waals surface area contributed by atoms with Crippen LogP contribution in [0.5, 0.6) is 0 Å². The van der Waals surface area contributed by atoms with E-state index >= 15 is 0 Å². The van der Waals surface area contributed by atoms with Crippen molar-refractivity contribution < 1.29 is 14.7 Å². The molecule has 3 heterocycles. The predicted octanol–water partition coefficient (Wildman–Crippen LogP) is 2.91. The van der Waals surface area contributed by atoms with Gasteiger partial charge in [-0.3, -0.25) is 4.79 Å². The van der Waals surface area contributed by atoms with Crippen LogP contribution in [0.1, 0.15) is 13.3 Å². The van der Waals surface area contributed by atoms with Gasteiger partial charge in [0.15, 0.2) is 4.34 Å². The Kier molecular flexibility index (Phi) is 3.58. The van der Waals surface area contributed by atoms with Gasteiger partial charge in [0, 0.05) is 5.75 Å². The van der Waals surface area contributed by atoms with Crippen molar-refractivity contribution in [2.45, 2.75) is 33.8 Å². The molecule has 0 saturated carbocycles. The van der Waals surface area contributed by atoms with Gasteiger partial charge in [-0.05, 0) is 19.1 Å².